The lowest BCUT2D eigenvalue weighted by Gasteiger charge is -2.45. The standard InChI is InChI=1S/C32H48F2O/c1-3-5-7-8-9-23-10-12-24(13-11-23)25-14-15-27-22-28(17-16-26(27)21-25)29-18-19-30(32(34)31(29)33)35-20-6-4-2/h4,18-19,23-28H,2-3,5-17,20-22H2,1H3. The summed E-state index contributed by atoms with van der Waals surface area (Å²) in [6.45, 7) is 6.26. The molecule has 0 radical (unpaired) electrons. The molecule has 0 aromatic heterocycles. The van der Waals surface area contributed by atoms with E-state index in [2.05, 4.69) is 13.5 Å². The van der Waals surface area contributed by atoms with Gasteiger partial charge < -0.3 is 4.74 Å². The van der Waals surface area contributed by atoms with E-state index >= 15 is 0 Å². The molecule has 0 N–H and O–H groups in total. The maximum Gasteiger partial charge on any atom is 0.200 e. The van der Waals surface area contributed by atoms with Crippen molar-refractivity contribution in [1.82, 2.24) is 0 Å². The number of unbranched alkanes of at least 4 members (excludes halogenated alkanes) is 3. The Hall–Kier alpha value is -1.38. The quantitative estimate of drug-likeness (QED) is 0.223. The molecule has 3 fully saturated rings. The van der Waals surface area contributed by atoms with E-state index < -0.39 is 11.6 Å². The zero-order valence-electron chi connectivity index (χ0n) is 22.1. The van der Waals surface area contributed by atoms with Gasteiger partial charge in [-0.05, 0) is 105 Å². The highest BCUT2D eigenvalue weighted by atomic mass is 19.2. The van der Waals surface area contributed by atoms with Crippen LogP contribution in [0.4, 0.5) is 8.78 Å². The number of benzene rings is 1. The number of halogens is 2. The molecule has 0 saturated heterocycles. The van der Waals surface area contributed by atoms with Crippen LogP contribution in [0, 0.1) is 41.2 Å². The lowest BCUT2D eigenvalue weighted by Crippen LogP contribution is -2.34. The third-order valence-corrected chi connectivity index (χ3v) is 9.77. The fourth-order valence-corrected chi connectivity index (χ4v) is 7.67. The van der Waals surface area contributed by atoms with Crippen LogP contribution in [-0.4, -0.2) is 6.61 Å². The predicted octanol–water partition coefficient (Wildman–Crippen LogP) is 10.00. The van der Waals surface area contributed by atoms with Gasteiger partial charge in [0.2, 0.25) is 5.82 Å². The minimum atomic E-state index is -0.821. The van der Waals surface area contributed by atoms with Crippen LogP contribution in [-0.2, 0) is 0 Å². The summed E-state index contributed by atoms with van der Waals surface area (Å²) >= 11 is 0. The molecule has 0 bridgehead atoms. The van der Waals surface area contributed by atoms with Crippen molar-refractivity contribution in [2.75, 3.05) is 6.61 Å². The van der Waals surface area contributed by atoms with Gasteiger partial charge in [-0.3, -0.25) is 0 Å². The van der Waals surface area contributed by atoms with E-state index in [0.29, 0.717) is 24.5 Å². The molecule has 3 aliphatic rings. The molecule has 1 aromatic carbocycles. The topological polar surface area (TPSA) is 9.23 Å². The highest BCUT2D eigenvalue weighted by Gasteiger charge is 2.39. The van der Waals surface area contributed by atoms with Gasteiger partial charge in [0.05, 0.1) is 6.61 Å². The lowest BCUT2D eigenvalue weighted by molar-refractivity contribution is 0.0705. The highest BCUT2D eigenvalue weighted by Crippen LogP contribution is 2.51. The Balaban J connectivity index is 1.25. The van der Waals surface area contributed by atoms with Gasteiger partial charge in [-0.2, -0.15) is 4.39 Å². The number of hydrogen-bond donors (Lipinski definition) is 0. The van der Waals surface area contributed by atoms with Gasteiger partial charge in [-0.15, -0.1) is 6.58 Å². The first-order chi connectivity index (χ1) is 17.1. The van der Waals surface area contributed by atoms with E-state index in [9.17, 15) is 8.78 Å². The van der Waals surface area contributed by atoms with E-state index in [4.69, 9.17) is 4.74 Å². The molecule has 0 amide bonds. The average molecular weight is 487 g/mol. The molecule has 1 aromatic rings. The van der Waals surface area contributed by atoms with Crippen LogP contribution >= 0.6 is 0 Å². The van der Waals surface area contributed by atoms with Gasteiger partial charge >= 0.3 is 0 Å². The van der Waals surface area contributed by atoms with E-state index in [1.165, 1.54) is 83.5 Å². The van der Waals surface area contributed by atoms with Crippen molar-refractivity contribution < 1.29 is 13.5 Å². The van der Waals surface area contributed by atoms with Crippen molar-refractivity contribution >= 4 is 0 Å². The zero-order valence-corrected chi connectivity index (χ0v) is 22.1. The summed E-state index contributed by atoms with van der Waals surface area (Å²) in [4.78, 5) is 0. The van der Waals surface area contributed by atoms with Crippen molar-refractivity contribution in [1.29, 1.82) is 0 Å². The zero-order chi connectivity index (χ0) is 24.6. The van der Waals surface area contributed by atoms with Crippen molar-refractivity contribution in [2.45, 2.75) is 116 Å². The minimum Gasteiger partial charge on any atom is -0.490 e. The maximum absolute atomic E-state index is 15.0. The van der Waals surface area contributed by atoms with Gasteiger partial charge in [0.15, 0.2) is 11.6 Å². The first-order valence-electron chi connectivity index (χ1n) is 14.8. The van der Waals surface area contributed by atoms with E-state index in [0.717, 1.165) is 36.5 Å². The SMILES string of the molecule is C=CCCOc1ccc(C2CCC3CC(C4CCC(CCCCCC)CC4)CCC3C2)c(F)c1F. The molecular weight excluding hydrogens is 438 g/mol. The van der Waals surface area contributed by atoms with Gasteiger partial charge in [-0.1, -0.05) is 64.0 Å². The lowest BCUT2D eigenvalue weighted by atomic mass is 9.60. The predicted molar refractivity (Wildman–Crippen MR) is 142 cm³/mol. The summed E-state index contributed by atoms with van der Waals surface area (Å²) in [6.07, 6.45) is 22.4. The van der Waals surface area contributed by atoms with E-state index in [-0.39, 0.29) is 11.7 Å². The number of ether oxygens (including phenoxy) is 1. The summed E-state index contributed by atoms with van der Waals surface area (Å²) in [5.74, 6) is 2.99. The molecule has 3 saturated carbocycles. The van der Waals surface area contributed by atoms with Crippen LogP contribution in [0.2, 0.25) is 0 Å². The summed E-state index contributed by atoms with van der Waals surface area (Å²) in [5.41, 5.74) is 0.566. The van der Waals surface area contributed by atoms with Crippen LogP contribution in [0.25, 0.3) is 0 Å². The number of fused-ring (bicyclic) bond motifs is 1. The largest absolute Gasteiger partial charge is 0.490 e. The molecule has 35 heavy (non-hydrogen) atoms. The van der Waals surface area contributed by atoms with Crippen molar-refractivity contribution in [2.24, 2.45) is 29.6 Å². The number of hydrogen-bond acceptors (Lipinski definition) is 1. The van der Waals surface area contributed by atoms with Gasteiger partial charge in [-0.25, -0.2) is 4.39 Å². The molecule has 3 aliphatic carbocycles. The monoisotopic (exact) mass is 486 g/mol. The molecule has 4 rings (SSSR count). The second-order valence-corrected chi connectivity index (χ2v) is 11.9. The van der Waals surface area contributed by atoms with Gasteiger partial charge in [0, 0.05) is 0 Å². The molecule has 4 atom stereocenters. The van der Waals surface area contributed by atoms with Crippen molar-refractivity contribution in [3.63, 3.8) is 0 Å². The van der Waals surface area contributed by atoms with Crippen LogP contribution in [0.3, 0.4) is 0 Å². The molecular formula is C32H48F2O. The summed E-state index contributed by atoms with van der Waals surface area (Å²) in [5, 5.41) is 0. The summed E-state index contributed by atoms with van der Waals surface area (Å²) < 4.78 is 35.0. The third kappa shape index (κ3) is 6.89. The fourth-order valence-electron chi connectivity index (χ4n) is 7.67. The highest BCUT2D eigenvalue weighted by molar-refractivity contribution is 5.33. The van der Waals surface area contributed by atoms with Crippen LogP contribution in [0.15, 0.2) is 24.8 Å². The molecule has 3 heteroatoms. The second kappa shape index (κ2) is 13.2. The first kappa shape index (κ1) is 26.7. The molecule has 4 unspecified atom stereocenters. The van der Waals surface area contributed by atoms with E-state index in [1.807, 2.05) is 0 Å². The van der Waals surface area contributed by atoms with Gasteiger partial charge in [0.1, 0.15) is 0 Å². The van der Waals surface area contributed by atoms with E-state index in [1.54, 1.807) is 18.2 Å². The molecule has 1 nitrogen and oxygen atoms in total. The summed E-state index contributed by atoms with van der Waals surface area (Å²) in [7, 11) is 0. The normalized spacial score (nSPS) is 31.1. The van der Waals surface area contributed by atoms with Crippen LogP contribution in [0.5, 0.6) is 5.75 Å². The molecule has 196 valence electrons. The Morgan fingerprint density at radius 2 is 1.51 bits per heavy atom. The Morgan fingerprint density at radius 1 is 0.829 bits per heavy atom. The minimum absolute atomic E-state index is 0.0259. The van der Waals surface area contributed by atoms with Crippen molar-refractivity contribution in [3.05, 3.63) is 42.0 Å². The smallest absolute Gasteiger partial charge is 0.200 e. The molecule has 0 spiro atoms. The Morgan fingerprint density at radius 3 is 2.26 bits per heavy atom. The van der Waals surface area contributed by atoms with Gasteiger partial charge in [0.25, 0.3) is 0 Å². The maximum atomic E-state index is 15.0. The third-order valence-electron chi connectivity index (χ3n) is 9.77. The summed E-state index contributed by atoms with van der Waals surface area (Å²) in [6, 6.07) is 3.40. The van der Waals surface area contributed by atoms with Crippen LogP contribution < -0.4 is 4.74 Å². The van der Waals surface area contributed by atoms with Crippen LogP contribution in [0.1, 0.15) is 121 Å². The van der Waals surface area contributed by atoms with Crippen molar-refractivity contribution in [3.8, 4) is 5.75 Å². The molecule has 0 heterocycles. The fraction of sp³-hybridized carbons (Fsp3) is 0.750. The Kier molecular flexibility index (Phi) is 10.1. The Labute approximate surface area is 213 Å². The molecule has 0 aliphatic heterocycles. The Bertz CT molecular complexity index is 797. The average Bonchev–Trinajstić information content (AvgIpc) is 2.89. The number of rotatable bonds is 11. The second-order valence-electron chi connectivity index (χ2n) is 11.9. The first-order valence-corrected chi connectivity index (χ1v) is 14.8.